The molecule has 24 heavy (non-hydrogen) atoms. The number of carbonyl (C=O) groups is 2. The number of anilines is 1. The zero-order chi connectivity index (χ0) is 17.6. The summed E-state index contributed by atoms with van der Waals surface area (Å²) < 4.78 is 23.0. The lowest BCUT2D eigenvalue weighted by molar-refractivity contribution is -0.125. The fraction of sp³-hybridized carbons (Fsp3) is 0.529. The van der Waals surface area contributed by atoms with Crippen LogP contribution in [0.1, 0.15) is 38.5 Å². The van der Waals surface area contributed by atoms with Crippen LogP contribution in [0.15, 0.2) is 29.2 Å². The Bertz CT molecular complexity index is 694. The molecule has 0 aromatic heterocycles. The summed E-state index contributed by atoms with van der Waals surface area (Å²) in [5, 5.41) is 5.22. The van der Waals surface area contributed by atoms with Gasteiger partial charge in [-0.05, 0) is 37.0 Å². The first kappa shape index (κ1) is 18.4. The molecule has 1 aromatic carbocycles. The minimum Gasteiger partial charge on any atom is -0.347 e. The van der Waals surface area contributed by atoms with Gasteiger partial charge in [0.05, 0.1) is 11.4 Å². The maximum atomic E-state index is 11.9. The first-order chi connectivity index (χ1) is 11.3. The lowest BCUT2D eigenvalue weighted by Crippen LogP contribution is -2.34. The molecule has 2 amide bonds. The van der Waals surface area contributed by atoms with Crippen LogP contribution in [0.3, 0.4) is 0 Å². The van der Waals surface area contributed by atoms with Crippen molar-refractivity contribution in [1.82, 2.24) is 5.32 Å². The van der Waals surface area contributed by atoms with Crippen molar-refractivity contribution in [2.24, 2.45) is 5.92 Å². The zero-order valence-electron chi connectivity index (χ0n) is 13.9. The van der Waals surface area contributed by atoms with E-state index in [4.69, 9.17) is 0 Å². The summed E-state index contributed by atoms with van der Waals surface area (Å²) in [7, 11) is -3.32. The summed E-state index contributed by atoms with van der Waals surface area (Å²) in [5.74, 6) is -0.0622. The van der Waals surface area contributed by atoms with E-state index in [1.165, 1.54) is 31.4 Å². The first-order valence-corrected chi connectivity index (χ1v) is 10.1. The molecule has 2 N–H and O–H groups in total. The number of hydrogen-bond acceptors (Lipinski definition) is 4. The molecule has 0 atom stereocenters. The SMILES string of the molecule is CS(=O)(=O)c1cccc(NC(=O)CNC(=O)CC2CCCCC2)c1. The van der Waals surface area contributed by atoms with Crippen LogP contribution in [0.2, 0.25) is 0 Å². The van der Waals surface area contributed by atoms with E-state index >= 15 is 0 Å². The lowest BCUT2D eigenvalue weighted by atomic mass is 9.87. The average molecular weight is 352 g/mol. The van der Waals surface area contributed by atoms with Gasteiger partial charge in [0.15, 0.2) is 9.84 Å². The van der Waals surface area contributed by atoms with Crippen molar-refractivity contribution in [1.29, 1.82) is 0 Å². The second kappa shape index (κ2) is 8.28. The van der Waals surface area contributed by atoms with E-state index < -0.39 is 9.84 Å². The Labute approximate surface area is 142 Å². The quantitative estimate of drug-likeness (QED) is 0.820. The molecular weight excluding hydrogens is 328 g/mol. The third-order valence-electron chi connectivity index (χ3n) is 4.19. The van der Waals surface area contributed by atoms with E-state index in [1.807, 2.05) is 0 Å². The van der Waals surface area contributed by atoms with Gasteiger partial charge in [-0.15, -0.1) is 0 Å². The predicted molar refractivity (Wildman–Crippen MR) is 92.4 cm³/mol. The number of hydrogen-bond donors (Lipinski definition) is 2. The number of rotatable bonds is 6. The van der Waals surface area contributed by atoms with Crippen molar-refractivity contribution in [2.45, 2.75) is 43.4 Å². The van der Waals surface area contributed by atoms with Crippen LogP contribution in [0.25, 0.3) is 0 Å². The zero-order valence-corrected chi connectivity index (χ0v) is 14.7. The first-order valence-electron chi connectivity index (χ1n) is 8.21. The van der Waals surface area contributed by atoms with Gasteiger partial charge in [-0.1, -0.05) is 25.3 Å². The van der Waals surface area contributed by atoms with Crippen LogP contribution in [-0.2, 0) is 19.4 Å². The van der Waals surface area contributed by atoms with Gasteiger partial charge < -0.3 is 10.6 Å². The van der Waals surface area contributed by atoms with Crippen molar-refractivity contribution in [2.75, 3.05) is 18.1 Å². The smallest absolute Gasteiger partial charge is 0.243 e. The Morgan fingerprint density at radius 2 is 1.83 bits per heavy atom. The monoisotopic (exact) mass is 352 g/mol. The predicted octanol–water partition coefficient (Wildman–Crippen LogP) is 2.12. The second-order valence-electron chi connectivity index (χ2n) is 6.33. The van der Waals surface area contributed by atoms with Crippen LogP contribution in [0.4, 0.5) is 5.69 Å². The number of benzene rings is 1. The molecular formula is C17H24N2O4S. The lowest BCUT2D eigenvalue weighted by Gasteiger charge is -2.20. The third-order valence-corrected chi connectivity index (χ3v) is 5.30. The Balaban J connectivity index is 1.79. The fourth-order valence-corrected chi connectivity index (χ4v) is 3.58. The molecule has 1 aliphatic rings. The van der Waals surface area contributed by atoms with Gasteiger partial charge >= 0.3 is 0 Å². The Kier molecular flexibility index (Phi) is 6.36. The Morgan fingerprint density at radius 3 is 2.50 bits per heavy atom. The molecule has 0 unspecified atom stereocenters. The van der Waals surface area contributed by atoms with Gasteiger partial charge in [0.1, 0.15) is 0 Å². The maximum Gasteiger partial charge on any atom is 0.243 e. The molecule has 0 aliphatic heterocycles. The highest BCUT2D eigenvalue weighted by molar-refractivity contribution is 7.90. The van der Waals surface area contributed by atoms with Crippen molar-refractivity contribution in [3.8, 4) is 0 Å². The summed E-state index contributed by atoms with van der Waals surface area (Å²) in [6.45, 7) is -0.116. The number of sulfone groups is 1. The van der Waals surface area contributed by atoms with Crippen molar-refractivity contribution in [3.63, 3.8) is 0 Å². The Morgan fingerprint density at radius 1 is 1.12 bits per heavy atom. The minimum atomic E-state index is -3.32. The summed E-state index contributed by atoms with van der Waals surface area (Å²) in [4.78, 5) is 23.9. The van der Waals surface area contributed by atoms with Crippen molar-refractivity contribution < 1.29 is 18.0 Å². The molecule has 6 nitrogen and oxygen atoms in total. The number of carbonyl (C=O) groups excluding carboxylic acids is 2. The number of nitrogens with one attached hydrogen (secondary N) is 2. The summed E-state index contributed by atoms with van der Waals surface area (Å²) in [6, 6.07) is 6.04. The van der Waals surface area contributed by atoms with E-state index in [0.717, 1.165) is 19.1 Å². The van der Waals surface area contributed by atoms with Gasteiger partial charge in [-0.25, -0.2) is 8.42 Å². The van der Waals surface area contributed by atoms with Crippen molar-refractivity contribution in [3.05, 3.63) is 24.3 Å². The molecule has 1 fully saturated rings. The molecule has 0 bridgehead atoms. The molecule has 7 heteroatoms. The van der Waals surface area contributed by atoms with Gasteiger partial charge in [0.2, 0.25) is 11.8 Å². The second-order valence-corrected chi connectivity index (χ2v) is 8.35. The normalized spacial score (nSPS) is 15.7. The van der Waals surface area contributed by atoms with Crippen LogP contribution < -0.4 is 10.6 Å². The van der Waals surface area contributed by atoms with E-state index in [2.05, 4.69) is 10.6 Å². The van der Waals surface area contributed by atoms with Gasteiger partial charge in [-0.2, -0.15) is 0 Å². The van der Waals surface area contributed by atoms with Crippen LogP contribution in [0, 0.1) is 5.92 Å². The standard InChI is InChI=1S/C17H24N2O4S/c1-24(22,23)15-9-5-8-14(11-15)19-17(21)12-18-16(20)10-13-6-3-2-4-7-13/h5,8-9,11,13H,2-4,6-7,10,12H2,1H3,(H,18,20)(H,19,21). The van der Waals surface area contributed by atoms with Gasteiger partial charge in [0.25, 0.3) is 0 Å². The van der Waals surface area contributed by atoms with Crippen molar-refractivity contribution >= 4 is 27.3 Å². The fourth-order valence-electron chi connectivity index (χ4n) is 2.91. The Hall–Kier alpha value is -1.89. The van der Waals surface area contributed by atoms with Crippen LogP contribution >= 0.6 is 0 Å². The molecule has 1 aliphatic carbocycles. The number of amides is 2. The summed E-state index contributed by atoms with van der Waals surface area (Å²) in [5.41, 5.74) is 0.393. The van der Waals surface area contributed by atoms with Crippen LogP contribution in [0.5, 0.6) is 0 Å². The van der Waals surface area contributed by atoms with E-state index in [9.17, 15) is 18.0 Å². The summed E-state index contributed by atoms with van der Waals surface area (Å²) >= 11 is 0. The highest BCUT2D eigenvalue weighted by Crippen LogP contribution is 2.26. The molecule has 0 spiro atoms. The molecule has 1 saturated carbocycles. The molecule has 0 saturated heterocycles. The average Bonchev–Trinajstić information content (AvgIpc) is 2.53. The molecule has 0 radical (unpaired) electrons. The van der Waals surface area contributed by atoms with Crippen LogP contribution in [-0.4, -0.2) is 33.0 Å². The van der Waals surface area contributed by atoms with E-state index in [1.54, 1.807) is 12.1 Å². The maximum absolute atomic E-state index is 11.9. The molecule has 1 aromatic rings. The molecule has 132 valence electrons. The topological polar surface area (TPSA) is 92.3 Å². The highest BCUT2D eigenvalue weighted by atomic mass is 32.2. The van der Waals surface area contributed by atoms with E-state index in [0.29, 0.717) is 18.0 Å². The van der Waals surface area contributed by atoms with E-state index in [-0.39, 0.29) is 23.3 Å². The molecule has 0 heterocycles. The minimum absolute atomic E-state index is 0.109. The van der Waals surface area contributed by atoms with Gasteiger partial charge in [-0.3, -0.25) is 9.59 Å². The molecule has 2 rings (SSSR count). The largest absolute Gasteiger partial charge is 0.347 e. The third kappa shape index (κ3) is 5.96. The summed E-state index contributed by atoms with van der Waals surface area (Å²) in [6.07, 6.45) is 7.34. The van der Waals surface area contributed by atoms with Gasteiger partial charge in [0, 0.05) is 18.4 Å². The highest BCUT2D eigenvalue weighted by Gasteiger charge is 2.17.